The maximum atomic E-state index is 6.13. The van der Waals surface area contributed by atoms with Crippen LogP contribution in [0.1, 0.15) is 18.4 Å². The first-order valence-corrected chi connectivity index (χ1v) is 10.4. The van der Waals surface area contributed by atoms with Gasteiger partial charge in [-0.15, -0.1) is 0 Å². The van der Waals surface area contributed by atoms with Gasteiger partial charge in [0.25, 0.3) is 0 Å². The Hall–Kier alpha value is -1.13. The predicted octanol–water partition coefficient (Wildman–Crippen LogP) is 3.66. The Bertz CT molecular complexity index is 460. The van der Waals surface area contributed by atoms with E-state index in [1.54, 1.807) is 0 Å². The number of rotatable bonds is 4. The number of aryl methyl sites for hydroxylation is 1. The van der Waals surface area contributed by atoms with Crippen LogP contribution in [0.4, 0.5) is 5.69 Å². The molecule has 1 aliphatic heterocycles. The molecule has 1 unspecified atom stereocenters. The van der Waals surface area contributed by atoms with Gasteiger partial charge < -0.3 is 9.74 Å². The molecule has 0 aromatic heterocycles. The van der Waals surface area contributed by atoms with Gasteiger partial charge in [-0.25, -0.2) is 0 Å². The molecular weight excluding hydrogens is 252 g/mol. The summed E-state index contributed by atoms with van der Waals surface area (Å²) in [6.45, 7) is 9.78. The minimum Gasteiger partial charge on any atom is -0.543 e. The van der Waals surface area contributed by atoms with Crippen LogP contribution in [0.15, 0.2) is 23.2 Å². The lowest BCUT2D eigenvalue weighted by molar-refractivity contribution is 0.558. The highest BCUT2D eigenvalue weighted by molar-refractivity contribution is 6.70. The zero-order chi connectivity index (χ0) is 13.9. The van der Waals surface area contributed by atoms with Gasteiger partial charge in [-0.05, 0) is 57.6 Å². The second-order valence-corrected chi connectivity index (χ2v) is 10.5. The molecule has 1 aliphatic rings. The van der Waals surface area contributed by atoms with Gasteiger partial charge in [0, 0.05) is 12.3 Å². The second-order valence-electron chi connectivity index (χ2n) is 6.12. The van der Waals surface area contributed by atoms with E-state index in [4.69, 9.17) is 4.43 Å². The topological polar surface area (TPSA) is 33.6 Å². The molecule has 19 heavy (non-hydrogen) atoms. The first-order valence-electron chi connectivity index (χ1n) is 7.02. The molecule has 0 saturated carbocycles. The highest BCUT2D eigenvalue weighted by atomic mass is 28.4. The van der Waals surface area contributed by atoms with Crippen molar-refractivity contribution in [1.82, 2.24) is 5.32 Å². The Morgan fingerprint density at radius 3 is 2.79 bits per heavy atom. The largest absolute Gasteiger partial charge is 0.543 e. The summed E-state index contributed by atoms with van der Waals surface area (Å²) in [4.78, 5) is 4.68. The minimum atomic E-state index is -1.60. The van der Waals surface area contributed by atoms with Crippen molar-refractivity contribution in [2.45, 2.75) is 45.4 Å². The molecule has 1 fully saturated rings. The van der Waals surface area contributed by atoms with Gasteiger partial charge in [0.1, 0.15) is 11.4 Å². The molecule has 1 atom stereocenters. The van der Waals surface area contributed by atoms with E-state index < -0.39 is 8.32 Å². The third-order valence-corrected chi connectivity index (χ3v) is 3.93. The van der Waals surface area contributed by atoms with Crippen molar-refractivity contribution in [2.75, 3.05) is 6.54 Å². The van der Waals surface area contributed by atoms with Crippen LogP contribution in [0, 0.1) is 6.92 Å². The molecule has 0 spiro atoms. The summed E-state index contributed by atoms with van der Waals surface area (Å²) in [6, 6.07) is 6.57. The van der Waals surface area contributed by atoms with E-state index in [1.807, 2.05) is 18.3 Å². The molecule has 0 amide bonds. The SMILES string of the molecule is Cc1cccc(O[Si](C)(C)C)c1N=CC1CCCN1. The van der Waals surface area contributed by atoms with Gasteiger partial charge in [-0.1, -0.05) is 12.1 Å². The normalized spacial score (nSPS) is 20.1. The molecule has 0 aliphatic carbocycles. The summed E-state index contributed by atoms with van der Waals surface area (Å²) in [7, 11) is -1.60. The van der Waals surface area contributed by atoms with Gasteiger partial charge in [0.2, 0.25) is 8.32 Å². The zero-order valence-corrected chi connectivity index (χ0v) is 13.4. The van der Waals surface area contributed by atoms with Crippen LogP contribution in [-0.2, 0) is 0 Å². The third kappa shape index (κ3) is 4.18. The fourth-order valence-electron chi connectivity index (χ4n) is 2.21. The van der Waals surface area contributed by atoms with Gasteiger partial charge in [0.05, 0.1) is 0 Å². The number of benzene rings is 1. The predicted molar refractivity (Wildman–Crippen MR) is 84.3 cm³/mol. The molecule has 1 N–H and O–H groups in total. The maximum Gasteiger partial charge on any atom is 0.242 e. The third-order valence-electron chi connectivity index (χ3n) is 3.10. The van der Waals surface area contributed by atoms with Crippen LogP contribution in [0.3, 0.4) is 0 Å². The van der Waals surface area contributed by atoms with E-state index in [9.17, 15) is 0 Å². The van der Waals surface area contributed by atoms with Crippen molar-refractivity contribution in [2.24, 2.45) is 4.99 Å². The van der Waals surface area contributed by atoms with Crippen LogP contribution in [0.25, 0.3) is 0 Å². The lowest BCUT2D eigenvalue weighted by Gasteiger charge is -2.21. The molecule has 1 aromatic rings. The highest BCUT2D eigenvalue weighted by Gasteiger charge is 2.19. The Kier molecular flexibility index (Phi) is 4.42. The number of para-hydroxylation sites is 1. The molecule has 1 heterocycles. The number of aliphatic imine (C=N–C) groups is 1. The first-order chi connectivity index (χ1) is 8.96. The molecule has 4 heteroatoms. The Balaban J connectivity index is 2.22. The highest BCUT2D eigenvalue weighted by Crippen LogP contribution is 2.32. The minimum absolute atomic E-state index is 0.416. The quantitative estimate of drug-likeness (QED) is 0.672. The zero-order valence-electron chi connectivity index (χ0n) is 12.4. The number of hydrogen-bond acceptors (Lipinski definition) is 3. The van der Waals surface area contributed by atoms with E-state index in [-0.39, 0.29) is 0 Å². The van der Waals surface area contributed by atoms with Crippen molar-refractivity contribution >= 4 is 20.2 Å². The Morgan fingerprint density at radius 2 is 2.16 bits per heavy atom. The average molecular weight is 276 g/mol. The summed E-state index contributed by atoms with van der Waals surface area (Å²) >= 11 is 0. The van der Waals surface area contributed by atoms with Gasteiger partial charge in [0.15, 0.2) is 0 Å². The van der Waals surface area contributed by atoms with Crippen molar-refractivity contribution in [3.63, 3.8) is 0 Å². The van der Waals surface area contributed by atoms with Crippen LogP contribution in [0.2, 0.25) is 19.6 Å². The monoisotopic (exact) mass is 276 g/mol. The summed E-state index contributed by atoms with van der Waals surface area (Å²) < 4.78 is 6.13. The average Bonchev–Trinajstić information content (AvgIpc) is 2.79. The summed E-state index contributed by atoms with van der Waals surface area (Å²) in [6.07, 6.45) is 4.45. The van der Waals surface area contributed by atoms with Crippen molar-refractivity contribution in [3.8, 4) is 5.75 Å². The standard InChI is InChI=1S/C15H24N2OSi/c1-12-7-5-9-14(18-19(2,3)4)15(12)17-11-13-8-6-10-16-13/h5,7,9,11,13,16H,6,8,10H2,1-4H3. The van der Waals surface area contributed by atoms with Gasteiger partial charge in [-0.2, -0.15) is 0 Å². The maximum absolute atomic E-state index is 6.13. The number of nitrogens with one attached hydrogen (secondary N) is 1. The van der Waals surface area contributed by atoms with E-state index >= 15 is 0 Å². The van der Waals surface area contributed by atoms with Crippen molar-refractivity contribution < 1.29 is 4.43 Å². The molecule has 2 rings (SSSR count). The van der Waals surface area contributed by atoms with Crippen LogP contribution in [0.5, 0.6) is 5.75 Å². The fraction of sp³-hybridized carbons (Fsp3) is 0.533. The van der Waals surface area contributed by atoms with E-state index in [0.717, 1.165) is 18.0 Å². The van der Waals surface area contributed by atoms with Gasteiger partial charge >= 0.3 is 0 Å². The summed E-state index contributed by atoms with van der Waals surface area (Å²) in [5.74, 6) is 0.924. The van der Waals surface area contributed by atoms with Crippen LogP contribution < -0.4 is 9.74 Å². The second kappa shape index (κ2) is 5.88. The lowest BCUT2D eigenvalue weighted by atomic mass is 10.2. The summed E-state index contributed by atoms with van der Waals surface area (Å²) in [5, 5.41) is 3.43. The molecule has 1 aromatic carbocycles. The molecule has 0 bridgehead atoms. The molecule has 104 valence electrons. The number of nitrogens with zero attached hydrogens (tertiary/aromatic N) is 1. The van der Waals surface area contributed by atoms with Crippen LogP contribution in [-0.4, -0.2) is 27.1 Å². The smallest absolute Gasteiger partial charge is 0.242 e. The van der Waals surface area contributed by atoms with Crippen molar-refractivity contribution in [3.05, 3.63) is 23.8 Å². The Labute approximate surface area is 117 Å². The van der Waals surface area contributed by atoms with E-state index in [2.05, 4.69) is 42.9 Å². The first kappa shape index (κ1) is 14.3. The van der Waals surface area contributed by atoms with Gasteiger partial charge in [-0.3, -0.25) is 4.99 Å². The van der Waals surface area contributed by atoms with E-state index in [0.29, 0.717) is 6.04 Å². The number of hydrogen-bond donors (Lipinski definition) is 1. The Morgan fingerprint density at radius 1 is 1.37 bits per heavy atom. The molecule has 0 radical (unpaired) electrons. The lowest BCUT2D eigenvalue weighted by Crippen LogP contribution is -2.29. The molecule has 3 nitrogen and oxygen atoms in total. The fourth-order valence-corrected chi connectivity index (χ4v) is 3.04. The van der Waals surface area contributed by atoms with E-state index in [1.165, 1.54) is 18.4 Å². The molecule has 1 saturated heterocycles. The van der Waals surface area contributed by atoms with Crippen molar-refractivity contribution in [1.29, 1.82) is 0 Å². The molecular formula is C15H24N2OSi. The summed E-state index contributed by atoms with van der Waals surface area (Å²) in [5.41, 5.74) is 2.16. The van der Waals surface area contributed by atoms with Crippen LogP contribution >= 0.6 is 0 Å².